The Balaban J connectivity index is 2.64. The first-order valence-corrected chi connectivity index (χ1v) is 5.06. The van der Waals surface area contributed by atoms with Crippen LogP contribution in [-0.2, 0) is 6.54 Å². The molecule has 2 aromatic carbocycles. The van der Waals surface area contributed by atoms with Crippen LogP contribution in [-0.4, -0.2) is 0 Å². The molecule has 2 aromatic rings. The van der Waals surface area contributed by atoms with Crippen LogP contribution < -0.4 is 5.73 Å². The maximum atomic E-state index is 13.6. The lowest BCUT2D eigenvalue weighted by molar-refractivity contribution is 0.511. The number of halogens is 3. The summed E-state index contributed by atoms with van der Waals surface area (Å²) >= 11 is 0. The van der Waals surface area contributed by atoms with Gasteiger partial charge in [-0.1, -0.05) is 18.2 Å². The predicted molar refractivity (Wildman–Crippen MR) is 59.6 cm³/mol. The van der Waals surface area contributed by atoms with Crippen LogP contribution in [0.25, 0.3) is 11.1 Å². The highest BCUT2D eigenvalue weighted by atomic mass is 19.2. The van der Waals surface area contributed by atoms with Gasteiger partial charge in [-0.05, 0) is 29.3 Å². The van der Waals surface area contributed by atoms with Crippen molar-refractivity contribution in [2.24, 2.45) is 5.73 Å². The van der Waals surface area contributed by atoms with E-state index in [2.05, 4.69) is 0 Å². The number of hydrogen-bond donors (Lipinski definition) is 1. The Morgan fingerprint density at radius 3 is 2.41 bits per heavy atom. The molecule has 0 heterocycles. The lowest BCUT2D eigenvalue weighted by Gasteiger charge is -2.09. The average molecular weight is 237 g/mol. The van der Waals surface area contributed by atoms with Gasteiger partial charge in [-0.25, -0.2) is 13.2 Å². The molecule has 0 radical (unpaired) electrons. The summed E-state index contributed by atoms with van der Waals surface area (Å²) in [6, 6.07) is 7.68. The number of benzene rings is 2. The summed E-state index contributed by atoms with van der Waals surface area (Å²) < 4.78 is 39.7. The first-order valence-electron chi connectivity index (χ1n) is 5.06. The fourth-order valence-corrected chi connectivity index (χ4v) is 1.71. The quantitative estimate of drug-likeness (QED) is 0.852. The number of nitrogens with two attached hydrogens (primary N) is 1. The Labute approximate surface area is 96.7 Å². The molecule has 0 unspecified atom stereocenters. The van der Waals surface area contributed by atoms with Crippen LogP contribution in [0.4, 0.5) is 13.2 Å². The van der Waals surface area contributed by atoms with E-state index in [1.54, 1.807) is 0 Å². The molecule has 0 fully saturated rings. The van der Waals surface area contributed by atoms with Gasteiger partial charge in [0.25, 0.3) is 0 Å². The van der Waals surface area contributed by atoms with E-state index < -0.39 is 17.5 Å². The Morgan fingerprint density at radius 1 is 0.941 bits per heavy atom. The minimum atomic E-state index is -0.950. The molecule has 0 aliphatic rings. The second-order valence-electron chi connectivity index (χ2n) is 3.61. The summed E-state index contributed by atoms with van der Waals surface area (Å²) in [5.41, 5.74) is 6.40. The van der Waals surface area contributed by atoms with Gasteiger partial charge in [0, 0.05) is 12.1 Å². The van der Waals surface area contributed by atoms with Crippen molar-refractivity contribution >= 4 is 0 Å². The maximum Gasteiger partial charge on any atom is 0.166 e. The highest BCUT2D eigenvalue weighted by Gasteiger charge is 2.12. The van der Waals surface area contributed by atoms with Crippen LogP contribution in [0.2, 0.25) is 0 Å². The molecular formula is C13H10F3N. The summed E-state index contributed by atoms with van der Waals surface area (Å²) in [5, 5.41) is 0. The van der Waals surface area contributed by atoms with E-state index in [9.17, 15) is 13.2 Å². The van der Waals surface area contributed by atoms with Gasteiger partial charge < -0.3 is 5.73 Å². The minimum Gasteiger partial charge on any atom is -0.326 e. The van der Waals surface area contributed by atoms with E-state index in [0.29, 0.717) is 11.1 Å². The molecule has 17 heavy (non-hydrogen) atoms. The van der Waals surface area contributed by atoms with E-state index in [1.807, 2.05) is 0 Å². The van der Waals surface area contributed by atoms with Crippen molar-refractivity contribution in [1.82, 2.24) is 0 Å². The third-order valence-corrected chi connectivity index (χ3v) is 2.53. The van der Waals surface area contributed by atoms with Crippen LogP contribution in [0.3, 0.4) is 0 Å². The van der Waals surface area contributed by atoms with Crippen LogP contribution in [0, 0.1) is 17.5 Å². The first-order chi connectivity index (χ1) is 8.13. The third kappa shape index (κ3) is 2.17. The van der Waals surface area contributed by atoms with Gasteiger partial charge in [-0.3, -0.25) is 0 Å². The van der Waals surface area contributed by atoms with Gasteiger partial charge in [-0.15, -0.1) is 0 Å². The van der Waals surface area contributed by atoms with Crippen molar-refractivity contribution in [1.29, 1.82) is 0 Å². The smallest absolute Gasteiger partial charge is 0.166 e. The van der Waals surface area contributed by atoms with E-state index >= 15 is 0 Å². The Morgan fingerprint density at radius 2 is 1.71 bits per heavy atom. The van der Waals surface area contributed by atoms with Crippen LogP contribution in [0.1, 0.15) is 5.56 Å². The predicted octanol–water partition coefficient (Wildman–Crippen LogP) is 3.23. The molecule has 4 heteroatoms. The van der Waals surface area contributed by atoms with Crippen molar-refractivity contribution in [2.45, 2.75) is 6.54 Å². The third-order valence-electron chi connectivity index (χ3n) is 2.53. The SMILES string of the molecule is NCc1cc(F)ccc1-c1cccc(F)c1F. The van der Waals surface area contributed by atoms with E-state index in [1.165, 1.54) is 30.3 Å². The lowest BCUT2D eigenvalue weighted by Crippen LogP contribution is -2.01. The van der Waals surface area contributed by atoms with Crippen molar-refractivity contribution in [3.05, 3.63) is 59.4 Å². The fourth-order valence-electron chi connectivity index (χ4n) is 1.71. The van der Waals surface area contributed by atoms with Crippen LogP contribution in [0.5, 0.6) is 0 Å². The molecule has 0 saturated heterocycles. The second-order valence-corrected chi connectivity index (χ2v) is 3.61. The van der Waals surface area contributed by atoms with Crippen molar-refractivity contribution < 1.29 is 13.2 Å². The molecular weight excluding hydrogens is 227 g/mol. The highest BCUT2D eigenvalue weighted by molar-refractivity contribution is 5.68. The molecule has 0 amide bonds. The van der Waals surface area contributed by atoms with Crippen LogP contribution >= 0.6 is 0 Å². The van der Waals surface area contributed by atoms with Crippen molar-refractivity contribution in [2.75, 3.05) is 0 Å². The van der Waals surface area contributed by atoms with Gasteiger partial charge in [-0.2, -0.15) is 0 Å². The topological polar surface area (TPSA) is 26.0 Å². The van der Waals surface area contributed by atoms with E-state index in [-0.39, 0.29) is 12.1 Å². The molecule has 0 atom stereocenters. The van der Waals surface area contributed by atoms with Gasteiger partial charge in [0.05, 0.1) is 0 Å². The zero-order valence-electron chi connectivity index (χ0n) is 8.88. The monoisotopic (exact) mass is 237 g/mol. The van der Waals surface area contributed by atoms with E-state index in [4.69, 9.17) is 5.73 Å². The summed E-state index contributed by atoms with van der Waals surface area (Å²) in [4.78, 5) is 0. The average Bonchev–Trinajstić information content (AvgIpc) is 2.33. The molecule has 0 aromatic heterocycles. The molecule has 2 N–H and O–H groups in total. The van der Waals surface area contributed by atoms with Gasteiger partial charge in [0.2, 0.25) is 0 Å². The summed E-state index contributed by atoms with van der Waals surface area (Å²) in [5.74, 6) is -2.34. The van der Waals surface area contributed by atoms with Gasteiger partial charge in [0.15, 0.2) is 11.6 Å². The normalized spacial score (nSPS) is 10.6. The molecule has 88 valence electrons. The van der Waals surface area contributed by atoms with Crippen molar-refractivity contribution in [3.63, 3.8) is 0 Å². The van der Waals surface area contributed by atoms with E-state index in [0.717, 1.165) is 6.07 Å². The molecule has 0 saturated carbocycles. The molecule has 0 bridgehead atoms. The summed E-state index contributed by atoms with van der Waals surface area (Å²) in [6.07, 6.45) is 0. The largest absolute Gasteiger partial charge is 0.326 e. The van der Waals surface area contributed by atoms with Crippen LogP contribution in [0.15, 0.2) is 36.4 Å². The summed E-state index contributed by atoms with van der Waals surface area (Å²) in [7, 11) is 0. The zero-order chi connectivity index (χ0) is 12.4. The molecule has 2 rings (SSSR count). The minimum absolute atomic E-state index is 0.0586. The molecule has 0 aliphatic carbocycles. The fraction of sp³-hybridized carbons (Fsp3) is 0.0769. The summed E-state index contributed by atoms with van der Waals surface area (Å²) in [6.45, 7) is 0.0586. The van der Waals surface area contributed by atoms with Gasteiger partial charge in [0.1, 0.15) is 5.82 Å². The molecule has 0 aliphatic heterocycles. The van der Waals surface area contributed by atoms with Crippen molar-refractivity contribution in [3.8, 4) is 11.1 Å². The van der Waals surface area contributed by atoms with Gasteiger partial charge >= 0.3 is 0 Å². The first kappa shape index (κ1) is 11.7. The Hall–Kier alpha value is -1.81. The standard InChI is InChI=1S/C13H10F3N/c14-9-4-5-10(8(6-9)7-17)11-2-1-3-12(15)13(11)16/h1-6H,7,17H2. The number of hydrogen-bond acceptors (Lipinski definition) is 1. The molecule has 1 nitrogen and oxygen atoms in total. The number of rotatable bonds is 2. The molecule has 0 spiro atoms. The lowest BCUT2D eigenvalue weighted by atomic mass is 9.99. The zero-order valence-corrected chi connectivity index (χ0v) is 8.88. The Bertz CT molecular complexity index is 552. The highest BCUT2D eigenvalue weighted by Crippen LogP contribution is 2.28. The maximum absolute atomic E-state index is 13.6. The Kier molecular flexibility index (Phi) is 3.15. The second kappa shape index (κ2) is 4.59.